The maximum atomic E-state index is 2.73. The summed E-state index contributed by atoms with van der Waals surface area (Å²) in [6, 6.07) is 27.0. The Balaban J connectivity index is 2.29. The number of hydrogen-bond donors (Lipinski definition) is 0. The van der Waals surface area contributed by atoms with E-state index in [1.807, 2.05) is 0 Å². The van der Waals surface area contributed by atoms with Crippen LogP contribution in [0.3, 0.4) is 0 Å². The first kappa shape index (κ1) is 16.7. The van der Waals surface area contributed by atoms with Crippen LogP contribution < -0.4 is 15.9 Å². The number of hydrogen-bond acceptors (Lipinski definition) is 0. The fourth-order valence-corrected chi connectivity index (χ4v) is 8.52. The van der Waals surface area contributed by atoms with E-state index < -0.39 is 4.90 Å². The third-order valence-electron chi connectivity index (χ3n) is 4.07. The zero-order chi connectivity index (χ0) is 16.4. The molecule has 0 amide bonds. The summed E-state index contributed by atoms with van der Waals surface area (Å²) >= 11 is 2.73. The Bertz CT molecular complexity index is 728. The summed E-state index contributed by atoms with van der Waals surface area (Å²) in [7, 11) is 0. The lowest BCUT2D eigenvalue weighted by Gasteiger charge is -2.21. The predicted molar refractivity (Wildman–Crippen MR) is 113 cm³/mol. The van der Waals surface area contributed by atoms with Crippen LogP contribution in [0.1, 0.15) is 16.7 Å². The van der Waals surface area contributed by atoms with Crippen molar-refractivity contribution in [2.24, 2.45) is 0 Å². The Morgan fingerprint density at radius 3 is 1.13 bits per heavy atom. The summed E-state index contributed by atoms with van der Waals surface area (Å²) in [5.74, 6) is 0. The molecule has 0 fully saturated rings. The van der Waals surface area contributed by atoms with Crippen LogP contribution in [0.4, 0.5) is 0 Å². The second-order valence-electron chi connectivity index (χ2n) is 6.11. The van der Waals surface area contributed by atoms with Crippen LogP contribution in [0.25, 0.3) is 0 Å². The van der Waals surface area contributed by atoms with Gasteiger partial charge in [-0.1, -0.05) is 36.4 Å². The first-order valence-corrected chi connectivity index (χ1v) is 12.4. The van der Waals surface area contributed by atoms with Crippen molar-refractivity contribution in [3.8, 4) is 0 Å². The molecule has 23 heavy (non-hydrogen) atoms. The standard InChI is InChI=1S/C21H21IP/c1-16-7-4-10-19(13-16)23(22,20-11-5-8-17(2)14-20)21-12-6-9-18(3)15-21/h4-15H,1-3H3/q+1. The van der Waals surface area contributed by atoms with Crippen molar-refractivity contribution in [3.05, 3.63) is 89.5 Å². The van der Waals surface area contributed by atoms with Crippen LogP contribution in [0.15, 0.2) is 72.8 Å². The average Bonchev–Trinajstić information content (AvgIpc) is 2.54. The van der Waals surface area contributed by atoms with E-state index in [1.54, 1.807) is 0 Å². The lowest BCUT2D eigenvalue weighted by Crippen LogP contribution is -2.27. The van der Waals surface area contributed by atoms with E-state index in [2.05, 4.69) is 116 Å². The molecule has 0 aliphatic rings. The topological polar surface area (TPSA) is 0 Å². The third-order valence-corrected chi connectivity index (χ3v) is 12.1. The Morgan fingerprint density at radius 2 is 0.870 bits per heavy atom. The molecule has 0 heterocycles. The average molecular weight is 431 g/mol. The molecule has 0 saturated heterocycles. The molecular formula is C21H21IP+. The minimum atomic E-state index is -1.64. The number of benzene rings is 3. The number of rotatable bonds is 3. The summed E-state index contributed by atoms with van der Waals surface area (Å²) < 4.78 is 0. The van der Waals surface area contributed by atoms with Gasteiger partial charge in [-0.3, -0.25) is 0 Å². The molecular weight excluding hydrogens is 410 g/mol. The van der Waals surface area contributed by atoms with Gasteiger partial charge in [0.25, 0.3) is 0 Å². The van der Waals surface area contributed by atoms with Crippen molar-refractivity contribution in [2.45, 2.75) is 20.8 Å². The smallest absolute Gasteiger partial charge is 0.0590 e. The van der Waals surface area contributed by atoms with Crippen molar-refractivity contribution in [3.63, 3.8) is 0 Å². The molecule has 0 N–H and O–H groups in total. The van der Waals surface area contributed by atoms with Gasteiger partial charge >= 0.3 is 0 Å². The van der Waals surface area contributed by atoms with Crippen molar-refractivity contribution in [2.75, 3.05) is 0 Å². The minimum absolute atomic E-state index is 1.32. The zero-order valence-corrected chi connectivity index (χ0v) is 16.8. The molecule has 0 aliphatic heterocycles. The van der Waals surface area contributed by atoms with Crippen LogP contribution in [0.2, 0.25) is 0 Å². The monoisotopic (exact) mass is 431 g/mol. The summed E-state index contributed by atoms with van der Waals surface area (Å²) in [5.41, 5.74) is 3.97. The van der Waals surface area contributed by atoms with E-state index in [0.29, 0.717) is 0 Å². The highest BCUT2D eigenvalue weighted by Gasteiger charge is 2.43. The van der Waals surface area contributed by atoms with Gasteiger partial charge in [-0.05, 0) is 73.9 Å². The highest BCUT2D eigenvalue weighted by atomic mass is 127. The van der Waals surface area contributed by atoms with Crippen molar-refractivity contribution < 1.29 is 0 Å². The molecule has 3 rings (SSSR count). The highest BCUT2D eigenvalue weighted by Crippen LogP contribution is 2.63. The summed E-state index contributed by atoms with van der Waals surface area (Å²) in [4.78, 5) is -1.64. The second kappa shape index (κ2) is 6.75. The fraction of sp³-hybridized carbons (Fsp3) is 0.143. The van der Waals surface area contributed by atoms with Crippen LogP contribution in [-0.2, 0) is 0 Å². The van der Waals surface area contributed by atoms with E-state index in [9.17, 15) is 0 Å². The molecule has 3 aromatic rings. The predicted octanol–water partition coefficient (Wildman–Crippen LogP) is 5.26. The van der Waals surface area contributed by atoms with Crippen LogP contribution in [0.5, 0.6) is 0 Å². The Morgan fingerprint density at radius 1 is 0.565 bits per heavy atom. The van der Waals surface area contributed by atoms with Crippen molar-refractivity contribution >= 4 is 42.9 Å². The van der Waals surface area contributed by atoms with Crippen LogP contribution >= 0.6 is 26.9 Å². The van der Waals surface area contributed by atoms with Gasteiger partial charge in [-0.25, -0.2) is 0 Å². The maximum Gasteiger partial charge on any atom is 0.173 e. The molecule has 0 aromatic heterocycles. The zero-order valence-electron chi connectivity index (χ0n) is 13.8. The van der Waals surface area contributed by atoms with Gasteiger partial charge in [-0.15, -0.1) is 0 Å². The molecule has 0 nitrogen and oxygen atoms in total. The van der Waals surface area contributed by atoms with Gasteiger partial charge in [0, 0.05) is 0 Å². The Hall–Kier alpha value is -1.18. The van der Waals surface area contributed by atoms with Crippen LogP contribution in [0, 0.1) is 20.8 Å². The van der Waals surface area contributed by atoms with Gasteiger partial charge in [0.05, 0.1) is 0 Å². The first-order chi connectivity index (χ1) is 11.0. The lowest BCUT2D eigenvalue weighted by atomic mass is 10.2. The minimum Gasteiger partial charge on any atom is -0.0590 e. The SMILES string of the molecule is Cc1cccc([P+](I)(c2cccc(C)c2)c2cccc(C)c2)c1. The molecule has 0 radical (unpaired) electrons. The van der Waals surface area contributed by atoms with Crippen molar-refractivity contribution in [1.82, 2.24) is 0 Å². The molecule has 0 saturated carbocycles. The molecule has 116 valence electrons. The van der Waals surface area contributed by atoms with E-state index >= 15 is 0 Å². The van der Waals surface area contributed by atoms with E-state index in [0.717, 1.165) is 0 Å². The van der Waals surface area contributed by atoms with Gasteiger partial charge in [0.1, 0.15) is 15.9 Å². The molecule has 0 spiro atoms. The molecule has 0 aliphatic carbocycles. The number of aryl methyl sites for hydroxylation is 3. The normalized spacial score (nSPS) is 11.5. The summed E-state index contributed by atoms with van der Waals surface area (Å²) in [5, 5.41) is 4.32. The largest absolute Gasteiger partial charge is 0.173 e. The lowest BCUT2D eigenvalue weighted by molar-refractivity contribution is 1.48. The molecule has 0 unspecified atom stereocenters. The number of halogens is 1. The van der Waals surface area contributed by atoms with Gasteiger partial charge in [-0.2, -0.15) is 0 Å². The summed E-state index contributed by atoms with van der Waals surface area (Å²) in [6.07, 6.45) is 0. The highest BCUT2D eigenvalue weighted by molar-refractivity contribution is 14.2. The van der Waals surface area contributed by atoms with Crippen LogP contribution in [-0.4, -0.2) is 0 Å². The molecule has 0 atom stereocenters. The van der Waals surface area contributed by atoms with Gasteiger partial charge in [0.15, 0.2) is 26.9 Å². The molecule has 2 heteroatoms. The van der Waals surface area contributed by atoms with E-state index in [-0.39, 0.29) is 0 Å². The second-order valence-corrected chi connectivity index (χ2v) is 13.2. The fourth-order valence-electron chi connectivity index (χ4n) is 2.91. The third kappa shape index (κ3) is 3.36. The molecule has 3 aromatic carbocycles. The maximum absolute atomic E-state index is 2.73. The van der Waals surface area contributed by atoms with Gasteiger partial charge in [0.2, 0.25) is 0 Å². The van der Waals surface area contributed by atoms with Gasteiger partial charge < -0.3 is 0 Å². The Kier molecular flexibility index (Phi) is 4.89. The van der Waals surface area contributed by atoms with E-state index in [4.69, 9.17) is 0 Å². The molecule has 0 bridgehead atoms. The van der Waals surface area contributed by atoms with Crippen molar-refractivity contribution in [1.29, 1.82) is 0 Å². The van der Waals surface area contributed by atoms with E-state index in [1.165, 1.54) is 32.6 Å². The first-order valence-electron chi connectivity index (χ1n) is 7.80. The summed E-state index contributed by atoms with van der Waals surface area (Å²) in [6.45, 7) is 6.53. The quantitative estimate of drug-likeness (QED) is 0.392. The Labute approximate surface area is 152 Å².